The maximum Gasteiger partial charge on any atom is 0.279 e. The van der Waals surface area contributed by atoms with Gasteiger partial charge in [-0.25, -0.2) is 10.3 Å². The van der Waals surface area contributed by atoms with Gasteiger partial charge in [-0.15, -0.1) is 0 Å². The molecule has 37 heavy (non-hydrogen) atoms. The van der Waals surface area contributed by atoms with Gasteiger partial charge in [0.15, 0.2) is 11.8 Å². The number of aliphatic hydroxyl groups is 1. The zero-order valence-electron chi connectivity index (χ0n) is 21.5. The number of hydrogen-bond acceptors (Lipinski definition) is 6. The van der Waals surface area contributed by atoms with Gasteiger partial charge in [0.05, 0.1) is 6.10 Å². The van der Waals surface area contributed by atoms with Crippen LogP contribution in [-0.4, -0.2) is 60.3 Å². The second-order valence-electron chi connectivity index (χ2n) is 8.99. The van der Waals surface area contributed by atoms with Gasteiger partial charge >= 0.3 is 0 Å². The smallest absolute Gasteiger partial charge is 0.279 e. The number of nitrogens with zero attached hydrogens (tertiary/aromatic N) is 1. The Morgan fingerprint density at radius 2 is 1.65 bits per heavy atom. The van der Waals surface area contributed by atoms with Crippen LogP contribution in [0, 0.1) is 11.8 Å². The first-order valence-corrected chi connectivity index (χ1v) is 12.1. The molecule has 0 aliphatic carbocycles. The highest BCUT2D eigenvalue weighted by Crippen LogP contribution is 2.20. The highest BCUT2D eigenvalue weighted by Gasteiger charge is 2.47. The van der Waals surface area contributed by atoms with E-state index in [1.54, 1.807) is 31.2 Å². The van der Waals surface area contributed by atoms with Crippen molar-refractivity contribution in [1.82, 2.24) is 15.7 Å². The Hall–Kier alpha value is -3.71. The molecular weight excluding hydrogens is 474 g/mol. The van der Waals surface area contributed by atoms with E-state index in [0.29, 0.717) is 18.6 Å². The number of ether oxygens (including phenoxy) is 1. The van der Waals surface area contributed by atoms with Gasteiger partial charge in [-0.3, -0.25) is 14.4 Å². The van der Waals surface area contributed by atoms with Gasteiger partial charge in [-0.2, -0.15) is 0 Å². The fraction of sp³-hybridized carbons (Fsp3) is 0.393. The predicted octanol–water partition coefficient (Wildman–Crippen LogP) is 2.29. The largest absolute Gasteiger partial charge is 0.389 e. The number of hydrogen-bond donors (Lipinski definition) is 3. The molecule has 0 spiro atoms. The van der Waals surface area contributed by atoms with Gasteiger partial charge in [0, 0.05) is 43.8 Å². The van der Waals surface area contributed by atoms with Crippen LogP contribution in [0.15, 0.2) is 48.5 Å². The summed E-state index contributed by atoms with van der Waals surface area (Å²) < 4.78 is 5.44. The third-order valence-corrected chi connectivity index (χ3v) is 6.38. The van der Waals surface area contributed by atoms with E-state index < -0.39 is 35.7 Å². The molecule has 3 N–H and O–H groups in total. The number of hydroxylamine groups is 1. The molecule has 3 rings (SSSR count). The molecule has 0 bridgehead atoms. The quantitative estimate of drug-likeness (QED) is 0.301. The molecule has 0 radical (unpaired) electrons. The Labute approximate surface area is 217 Å². The topological polar surface area (TPSA) is 117 Å². The Balaban J connectivity index is 1.71. The standard InChI is InChI=1S/C28H33N3O6/c1-19(32)22-14-10-20(11-15-22)8-9-21-12-16-23(17-13-21)25(33)31(4)28(2,26(34)29-3)27(35)30-37-24-7-5-6-18-36-24/h10-17,19,24,32H,5-7,18H2,1-4H3,(H,29,34)(H,30,35)/t19?,24?,28-/m0/s1. The number of aliphatic hydroxyl groups excluding tert-OH is 1. The molecule has 2 aromatic rings. The number of likely N-dealkylation sites (N-methyl/N-ethyl adjacent to an activating group) is 2. The van der Waals surface area contributed by atoms with E-state index in [2.05, 4.69) is 22.6 Å². The van der Waals surface area contributed by atoms with Crippen LogP contribution in [0.25, 0.3) is 0 Å². The van der Waals surface area contributed by atoms with Crippen molar-refractivity contribution in [3.8, 4) is 11.8 Å². The summed E-state index contributed by atoms with van der Waals surface area (Å²) in [6.07, 6.45) is 1.30. The van der Waals surface area contributed by atoms with Crippen LogP contribution in [0.4, 0.5) is 0 Å². The predicted molar refractivity (Wildman–Crippen MR) is 137 cm³/mol. The summed E-state index contributed by atoms with van der Waals surface area (Å²) in [6.45, 7) is 3.58. The third-order valence-electron chi connectivity index (χ3n) is 6.38. The van der Waals surface area contributed by atoms with Crippen LogP contribution < -0.4 is 10.8 Å². The molecule has 3 atom stereocenters. The van der Waals surface area contributed by atoms with Crippen molar-refractivity contribution in [2.45, 2.75) is 51.0 Å². The second-order valence-corrected chi connectivity index (χ2v) is 8.99. The van der Waals surface area contributed by atoms with E-state index in [1.807, 2.05) is 24.3 Å². The maximum atomic E-state index is 13.2. The highest BCUT2D eigenvalue weighted by molar-refractivity contribution is 6.12. The summed E-state index contributed by atoms with van der Waals surface area (Å²) >= 11 is 0. The molecule has 0 saturated carbocycles. The zero-order chi connectivity index (χ0) is 27.0. The van der Waals surface area contributed by atoms with Crippen molar-refractivity contribution in [1.29, 1.82) is 0 Å². The van der Waals surface area contributed by atoms with Crippen LogP contribution in [0.1, 0.15) is 66.3 Å². The summed E-state index contributed by atoms with van der Waals surface area (Å²) in [5, 5.41) is 12.1. The Morgan fingerprint density at radius 1 is 1.05 bits per heavy atom. The van der Waals surface area contributed by atoms with Gasteiger partial charge in [0.1, 0.15) is 0 Å². The van der Waals surface area contributed by atoms with Gasteiger partial charge in [0.2, 0.25) is 0 Å². The SMILES string of the molecule is CNC(=O)[C@@](C)(C(=O)NOC1CCCCO1)N(C)C(=O)c1ccc(C#Cc2ccc(C(C)O)cc2)cc1. The summed E-state index contributed by atoms with van der Waals surface area (Å²) in [5.74, 6) is 4.10. The van der Waals surface area contributed by atoms with Crippen LogP contribution in [0.5, 0.6) is 0 Å². The maximum absolute atomic E-state index is 13.2. The van der Waals surface area contributed by atoms with E-state index in [1.165, 1.54) is 21.0 Å². The van der Waals surface area contributed by atoms with Gasteiger partial charge in [0.25, 0.3) is 17.7 Å². The molecule has 1 aliphatic rings. The monoisotopic (exact) mass is 507 g/mol. The van der Waals surface area contributed by atoms with E-state index in [0.717, 1.165) is 28.9 Å². The lowest BCUT2D eigenvalue weighted by molar-refractivity contribution is -0.204. The number of benzene rings is 2. The van der Waals surface area contributed by atoms with Crippen LogP contribution in [0.2, 0.25) is 0 Å². The number of amides is 3. The molecule has 3 amide bonds. The minimum absolute atomic E-state index is 0.286. The van der Waals surface area contributed by atoms with E-state index in [-0.39, 0.29) is 5.56 Å². The van der Waals surface area contributed by atoms with Crippen molar-refractivity contribution in [3.05, 3.63) is 70.8 Å². The molecule has 9 heteroatoms. The molecule has 1 heterocycles. The summed E-state index contributed by atoms with van der Waals surface area (Å²) in [4.78, 5) is 45.5. The summed E-state index contributed by atoms with van der Waals surface area (Å²) in [5.41, 5.74) is 2.99. The van der Waals surface area contributed by atoms with Crippen LogP contribution >= 0.6 is 0 Å². The van der Waals surface area contributed by atoms with Crippen molar-refractivity contribution in [2.24, 2.45) is 0 Å². The van der Waals surface area contributed by atoms with Gasteiger partial charge < -0.3 is 20.1 Å². The van der Waals surface area contributed by atoms with Gasteiger partial charge in [-0.05, 0) is 68.7 Å². The first-order chi connectivity index (χ1) is 17.7. The minimum atomic E-state index is -1.88. The molecule has 9 nitrogen and oxygen atoms in total. The molecule has 1 saturated heterocycles. The second kappa shape index (κ2) is 12.5. The average Bonchev–Trinajstić information content (AvgIpc) is 2.94. The fourth-order valence-electron chi connectivity index (χ4n) is 3.76. The van der Waals surface area contributed by atoms with E-state index >= 15 is 0 Å². The van der Waals surface area contributed by atoms with Crippen LogP contribution in [0.3, 0.4) is 0 Å². The van der Waals surface area contributed by atoms with Gasteiger partial charge in [-0.1, -0.05) is 24.0 Å². The van der Waals surface area contributed by atoms with Crippen molar-refractivity contribution in [2.75, 3.05) is 20.7 Å². The fourth-order valence-corrected chi connectivity index (χ4v) is 3.76. The minimum Gasteiger partial charge on any atom is -0.389 e. The molecule has 0 aromatic heterocycles. The van der Waals surface area contributed by atoms with E-state index in [9.17, 15) is 19.5 Å². The van der Waals surface area contributed by atoms with Crippen molar-refractivity contribution < 1.29 is 29.1 Å². The molecule has 1 aliphatic heterocycles. The number of carbonyl (C=O) groups excluding carboxylic acids is 3. The lowest BCUT2D eigenvalue weighted by Gasteiger charge is -2.36. The average molecular weight is 508 g/mol. The Morgan fingerprint density at radius 3 is 2.16 bits per heavy atom. The van der Waals surface area contributed by atoms with Crippen LogP contribution in [-0.2, 0) is 19.2 Å². The first kappa shape index (κ1) is 27.9. The molecule has 2 aromatic carbocycles. The number of rotatable bonds is 7. The molecule has 1 fully saturated rings. The number of carbonyl (C=O) groups is 3. The Bertz CT molecular complexity index is 1160. The highest BCUT2D eigenvalue weighted by atomic mass is 16.8. The molecule has 196 valence electrons. The zero-order valence-corrected chi connectivity index (χ0v) is 21.5. The molecule has 2 unspecified atom stereocenters. The normalized spacial score (nSPS) is 17.4. The lowest BCUT2D eigenvalue weighted by Crippen LogP contribution is -2.65. The Kier molecular flexibility index (Phi) is 9.42. The third kappa shape index (κ3) is 6.74. The van der Waals surface area contributed by atoms with E-state index in [4.69, 9.17) is 9.57 Å². The summed E-state index contributed by atoms with van der Waals surface area (Å²) in [6, 6.07) is 13.9. The van der Waals surface area contributed by atoms with Crippen molar-refractivity contribution in [3.63, 3.8) is 0 Å². The van der Waals surface area contributed by atoms with Crippen molar-refractivity contribution >= 4 is 17.7 Å². The lowest BCUT2D eigenvalue weighted by atomic mass is 9.96. The summed E-state index contributed by atoms with van der Waals surface area (Å²) in [7, 11) is 2.78. The number of nitrogens with one attached hydrogen (secondary N) is 2. The first-order valence-electron chi connectivity index (χ1n) is 12.1. The molecular formula is C28H33N3O6.